The summed E-state index contributed by atoms with van der Waals surface area (Å²) in [5.41, 5.74) is 6.93. The molecule has 1 aliphatic rings. The molecule has 1 amide bonds. The minimum atomic E-state index is -0.0411. The Bertz CT molecular complexity index is 931. The van der Waals surface area contributed by atoms with Crippen LogP contribution in [-0.4, -0.2) is 43.6 Å². The first-order valence-corrected chi connectivity index (χ1v) is 8.49. The van der Waals surface area contributed by atoms with Gasteiger partial charge in [-0.3, -0.25) is 4.79 Å². The summed E-state index contributed by atoms with van der Waals surface area (Å²) < 4.78 is 2.54. The predicted octanol–water partition coefficient (Wildman–Crippen LogP) is 2.40. The van der Waals surface area contributed by atoms with Gasteiger partial charge in [0, 0.05) is 35.2 Å². The number of fused-ring (bicyclic) bond motifs is 1. The molecule has 0 aliphatic carbocycles. The van der Waals surface area contributed by atoms with E-state index >= 15 is 0 Å². The van der Waals surface area contributed by atoms with Crippen molar-refractivity contribution in [3.63, 3.8) is 0 Å². The molecular formula is C16H15BrN6O. The summed E-state index contributed by atoms with van der Waals surface area (Å²) in [7, 11) is 0. The molecule has 0 spiro atoms. The second-order valence-corrected chi connectivity index (χ2v) is 6.61. The lowest BCUT2D eigenvalue weighted by molar-refractivity contribution is 0.0788. The lowest BCUT2D eigenvalue weighted by Gasteiger charge is -2.13. The zero-order valence-corrected chi connectivity index (χ0v) is 14.4. The third-order valence-electron chi connectivity index (χ3n) is 4.12. The molecule has 1 saturated heterocycles. The van der Waals surface area contributed by atoms with Gasteiger partial charge in [0.05, 0.1) is 5.52 Å². The van der Waals surface area contributed by atoms with E-state index in [1.54, 1.807) is 16.9 Å². The molecule has 122 valence electrons. The van der Waals surface area contributed by atoms with E-state index in [9.17, 15) is 4.79 Å². The highest BCUT2D eigenvalue weighted by molar-refractivity contribution is 9.10. The number of aromatic nitrogens is 4. The Morgan fingerprint density at radius 3 is 2.75 bits per heavy atom. The van der Waals surface area contributed by atoms with Crippen molar-refractivity contribution in [3.05, 3.63) is 40.6 Å². The highest BCUT2D eigenvalue weighted by Crippen LogP contribution is 2.26. The van der Waals surface area contributed by atoms with E-state index in [0.717, 1.165) is 41.3 Å². The van der Waals surface area contributed by atoms with Crippen LogP contribution in [0.25, 0.3) is 16.7 Å². The van der Waals surface area contributed by atoms with Crippen molar-refractivity contribution < 1.29 is 4.79 Å². The topological polar surface area (TPSA) is 89.9 Å². The third-order valence-corrected chi connectivity index (χ3v) is 4.61. The lowest BCUT2D eigenvalue weighted by Crippen LogP contribution is -2.28. The van der Waals surface area contributed by atoms with Crippen molar-refractivity contribution in [1.82, 2.24) is 24.6 Å². The summed E-state index contributed by atoms with van der Waals surface area (Å²) in [5, 5.41) is 5.34. The second kappa shape index (κ2) is 5.86. The first kappa shape index (κ1) is 15.1. The fourth-order valence-corrected chi connectivity index (χ4v) is 3.32. The number of hydrogen-bond donors (Lipinski definition) is 1. The van der Waals surface area contributed by atoms with E-state index in [-0.39, 0.29) is 11.9 Å². The number of rotatable bonds is 2. The fraction of sp³-hybridized carbons (Fsp3) is 0.250. The Balaban J connectivity index is 1.91. The molecule has 2 N–H and O–H groups in total. The third kappa shape index (κ3) is 2.52. The molecule has 2 aromatic heterocycles. The van der Waals surface area contributed by atoms with E-state index < -0.39 is 0 Å². The monoisotopic (exact) mass is 386 g/mol. The molecule has 1 fully saturated rings. The van der Waals surface area contributed by atoms with Gasteiger partial charge >= 0.3 is 0 Å². The number of carbonyl (C=O) groups is 1. The summed E-state index contributed by atoms with van der Waals surface area (Å²) >= 11 is 3.47. The summed E-state index contributed by atoms with van der Waals surface area (Å²) in [6.45, 7) is 1.56. The number of amides is 1. The molecule has 8 heteroatoms. The molecule has 0 saturated carbocycles. The SMILES string of the molecule is Nc1nccc(-n2nc(C(=O)N3CCCC3)c3ccc(Br)cc32)n1. The van der Waals surface area contributed by atoms with E-state index in [0.29, 0.717) is 11.5 Å². The van der Waals surface area contributed by atoms with Crippen molar-refractivity contribution in [2.24, 2.45) is 0 Å². The van der Waals surface area contributed by atoms with Crippen LogP contribution in [0.3, 0.4) is 0 Å². The molecular weight excluding hydrogens is 372 g/mol. The molecule has 0 atom stereocenters. The Morgan fingerprint density at radius 1 is 1.21 bits per heavy atom. The number of nitrogen functional groups attached to an aromatic ring is 1. The molecule has 0 bridgehead atoms. The summed E-state index contributed by atoms with van der Waals surface area (Å²) in [5.74, 6) is 0.658. The number of anilines is 1. The van der Waals surface area contributed by atoms with Gasteiger partial charge < -0.3 is 10.6 Å². The maximum atomic E-state index is 12.8. The molecule has 1 aliphatic heterocycles. The quantitative estimate of drug-likeness (QED) is 0.729. The van der Waals surface area contributed by atoms with Crippen LogP contribution in [-0.2, 0) is 0 Å². The average Bonchev–Trinajstić information content (AvgIpc) is 3.22. The number of carbonyl (C=O) groups excluding carboxylic acids is 1. The highest BCUT2D eigenvalue weighted by atomic mass is 79.9. The van der Waals surface area contributed by atoms with Crippen molar-refractivity contribution in [1.29, 1.82) is 0 Å². The van der Waals surface area contributed by atoms with Crippen molar-refractivity contribution in [2.45, 2.75) is 12.8 Å². The minimum absolute atomic E-state index is 0.0411. The maximum Gasteiger partial charge on any atom is 0.275 e. The van der Waals surface area contributed by atoms with E-state index in [4.69, 9.17) is 5.73 Å². The summed E-state index contributed by atoms with van der Waals surface area (Å²) in [4.78, 5) is 22.8. The Morgan fingerprint density at radius 2 is 2.00 bits per heavy atom. The van der Waals surface area contributed by atoms with Gasteiger partial charge in [-0.05, 0) is 31.0 Å². The zero-order valence-electron chi connectivity index (χ0n) is 12.8. The van der Waals surface area contributed by atoms with Gasteiger partial charge in [-0.2, -0.15) is 10.1 Å². The van der Waals surface area contributed by atoms with E-state index in [1.807, 2.05) is 23.1 Å². The number of nitrogens with zero attached hydrogens (tertiary/aromatic N) is 5. The predicted molar refractivity (Wildman–Crippen MR) is 93.9 cm³/mol. The molecule has 4 rings (SSSR count). The number of halogens is 1. The molecule has 7 nitrogen and oxygen atoms in total. The maximum absolute atomic E-state index is 12.8. The van der Waals surface area contributed by atoms with E-state index in [2.05, 4.69) is 31.0 Å². The summed E-state index contributed by atoms with van der Waals surface area (Å²) in [6.07, 6.45) is 3.65. The number of likely N-dealkylation sites (tertiary alicyclic amines) is 1. The van der Waals surface area contributed by atoms with Gasteiger partial charge in [0.1, 0.15) is 0 Å². The smallest absolute Gasteiger partial charge is 0.275 e. The lowest BCUT2D eigenvalue weighted by atomic mass is 10.2. The standard InChI is InChI=1S/C16H15BrN6O/c17-10-3-4-11-12(9-10)23(13-5-6-19-16(18)20-13)21-14(11)15(24)22-7-1-2-8-22/h3-6,9H,1-2,7-8H2,(H2,18,19,20). The van der Waals surface area contributed by atoms with Gasteiger partial charge in [-0.1, -0.05) is 15.9 Å². The normalized spacial score (nSPS) is 14.5. The van der Waals surface area contributed by atoms with Crippen LogP contribution in [0, 0.1) is 0 Å². The Hall–Kier alpha value is -2.48. The molecule has 1 aromatic carbocycles. The molecule has 3 heterocycles. The van der Waals surface area contributed by atoms with Gasteiger partial charge in [0.15, 0.2) is 11.5 Å². The van der Waals surface area contributed by atoms with Crippen LogP contribution in [0.15, 0.2) is 34.9 Å². The van der Waals surface area contributed by atoms with Crippen molar-refractivity contribution in [2.75, 3.05) is 18.8 Å². The average molecular weight is 387 g/mol. The van der Waals surface area contributed by atoms with Gasteiger partial charge in [0.25, 0.3) is 5.91 Å². The first-order chi connectivity index (χ1) is 11.6. The second-order valence-electron chi connectivity index (χ2n) is 5.69. The van der Waals surface area contributed by atoms with Crippen LogP contribution in [0.1, 0.15) is 23.3 Å². The van der Waals surface area contributed by atoms with E-state index in [1.165, 1.54) is 0 Å². The van der Waals surface area contributed by atoms with Crippen LogP contribution in [0.2, 0.25) is 0 Å². The number of nitrogens with two attached hydrogens (primary N) is 1. The van der Waals surface area contributed by atoms with Crippen LogP contribution < -0.4 is 5.73 Å². The molecule has 0 radical (unpaired) electrons. The van der Waals surface area contributed by atoms with Crippen molar-refractivity contribution in [3.8, 4) is 5.82 Å². The van der Waals surface area contributed by atoms with Gasteiger partial charge in [-0.15, -0.1) is 0 Å². The van der Waals surface area contributed by atoms with Gasteiger partial charge in [-0.25, -0.2) is 9.67 Å². The summed E-state index contributed by atoms with van der Waals surface area (Å²) in [6, 6.07) is 7.44. The fourth-order valence-electron chi connectivity index (χ4n) is 2.97. The molecule has 24 heavy (non-hydrogen) atoms. The highest BCUT2D eigenvalue weighted by Gasteiger charge is 2.25. The molecule has 3 aromatic rings. The van der Waals surface area contributed by atoms with Crippen molar-refractivity contribution >= 4 is 38.7 Å². The number of benzene rings is 1. The first-order valence-electron chi connectivity index (χ1n) is 7.70. The zero-order chi connectivity index (χ0) is 16.7. The van der Waals surface area contributed by atoms with Gasteiger partial charge in [0.2, 0.25) is 5.95 Å². The minimum Gasteiger partial charge on any atom is -0.368 e. The Kier molecular flexibility index (Phi) is 3.68. The van der Waals surface area contributed by atoms with Crippen LogP contribution >= 0.6 is 15.9 Å². The largest absolute Gasteiger partial charge is 0.368 e. The van der Waals surface area contributed by atoms with Crippen LogP contribution in [0.5, 0.6) is 0 Å². The molecule has 0 unspecified atom stereocenters. The van der Waals surface area contributed by atoms with Crippen LogP contribution in [0.4, 0.5) is 5.95 Å². The Labute approximate surface area is 146 Å². The number of hydrogen-bond acceptors (Lipinski definition) is 5.